The van der Waals surface area contributed by atoms with Crippen molar-refractivity contribution in [1.82, 2.24) is 4.98 Å². The number of aryl methyl sites for hydroxylation is 1. The number of thioether (sulfide) groups is 1. The highest BCUT2D eigenvalue weighted by Gasteiger charge is 2.09. The normalized spacial score (nSPS) is 10.9. The lowest BCUT2D eigenvalue weighted by Gasteiger charge is -1.98. The lowest BCUT2D eigenvalue weighted by Crippen LogP contribution is -2.01. The van der Waals surface area contributed by atoms with Crippen LogP contribution in [0.3, 0.4) is 0 Å². The van der Waals surface area contributed by atoms with Crippen molar-refractivity contribution in [3.8, 4) is 0 Å². The molecular weight excluding hydrogens is 240 g/mol. The molecule has 2 nitrogen and oxygen atoms in total. The Hall–Kier alpha value is -1.74. The lowest BCUT2D eigenvalue weighted by atomic mass is 10.2. The fraction of sp³-hybridized carbons (Fsp3) is 0.133. The van der Waals surface area contributed by atoms with Gasteiger partial charge in [0.15, 0.2) is 11.0 Å². The molecular formula is C15H15N2S+. The van der Waals surface area contributed by atoms with Gasteiger partial charge in [-0.1, -0.05) is 42.0 Å². The average Bonchev–Trinajstić information content (AvgIpc) is 2.79. The van der Waals surface area contributed by atoms with Crippen molar-refractivity contribution in [3.05, 3.63) is 59.7 Å². The third kappa shape index (κ3) is 2.41. The Labute approximate surface area is 110 Å². The van der Waals surface area contributed by atoms with Gasteiger partial charge in [0.1, 0.15) is 0 Å². The number of hydrogen-bond acceptors (Lipinski definition) is 1. The molecule has 0 aliphatic heterocycles. The van der Waals surface area contributed by atoms with E-state index >= 15 is 0 Å². The Morgan fingerprint density at radius 1 is 1.11 bits per heavy atom. The first-order chi connectivity index (χ1) is 8.81. The Kier molecular flexibility index (Phi) is 3.07. The van der Waals surface area contributed by atoms with Crippen molar-refractivity contribution in [3.63, 3.8) is 0 Å². The Balaban J connectivity index is 1.76. The van der Waals surface area contributed by atoms with Crippen LogP contribution in [0.1, 0.15) is 11.1 Å². The molecule has 0 saturated heterocycles. The van der Waals surface area contributed by atoms with Crippen LogP contribution in [-0.4, -0.2) is 4.98 Å². The molecule has 0 amide bonds. The minimum absolute atomic E-state index is 0.977. The van der Waals surface area contributed by atoms with Crippen LogP contribution in [-0.2, 0) is 5.75 Å². The van der Waals surface area contributed by atoms with Crippen molar-refractivity contribution in [1.29, 1.82) is 0 Å². The van der Waals surface area contributed by atoms with E-state index in [2.05, 4.69) is 53.3 Å². The molecule has 2 aromatic carbocycles. The van der Waals surface area contributed by atoms with E-state index in [1.807, 2.05) is 12.1 Å². The second-order valence-corrected chi connectivity index (χ2v) is 5.39. The molecule has 2 N–H and O–H groups in total. The first kappa shape index (κ1) is 11.4. The Morgan fingerprint density at radius 2 is 2.00 bits per heavy atom. The molecule has 3 aromatic rings. The molecule has 0 radical (unpaired) electrons. The van der Waals surface area contributed by atoms with Crippen molar-refractivity contribution in [2.24, 2.45) is 0 Å². The molecule has 1 aromatic heterocycles. The van der Waals surface area contributed by atoms with Crippen LogP contribution < -0.4 is 4.98 Å². The summed E-state index contributed by atoms with van der Waals surface area (Å²) in [4.78, 5) is 6.78. The van der Waals surface area contributed by atoms with Gasteiger partial charge in [-0.2, -0.15) is 0 Å². The molecule has 0 unspecified atom stereocenters. The van der Waals surface area contributed by atoms with Gasteiger partial charge < -0.3 is 0 Å². The number of aromatic amines is 2. The predicted octanol–water partition coefficient (Wildman–Crippen LogP) is 3.58. The number of aromatic nitrogens is 2. The maximum absolute atomic E-state index is 3.39. The largest absolute Gasteiger partial charge is 0.314 e. The van der Waals surface area contributed by atoms with E-state index in [1.165, 1.54) is 11.1 Å². The summed E-state index contributed by atoms with van der Waals surface area (Å²) >= 11 is 1.80. The molecule has 0 fully saturated rings. The van der Waals surface area contributed by atoms with Crippen molar-refractivity contribution in [2.45, 2.75) is 17.8 Å². The molecule has 18 heavy (non-hydrogen) atoms. The molecule has 0 aliphatic carbocycles. The topological polar surface area (TPSA) is 29.9 Å². The van der Waals surface area contributed by atoms with Crippen molar-refractivity contribution < 1.29 is 4.98 Å². The van der Waals surface area contributed by atoms with E-state index in [1.54, 1.807) is 11.8 Å². The molecule has 0 aliphatic rings. The van der Waals surface area contributed by atoms with Gasteiger partial charge >= 0.3 is 5.16 Å². The summed E-state index contributed by atoms with van der Waals surface area (Å²) in [6.45, 7) is 2.13. The zero-order valence-electron chi connectivity index (χ0n) is 10.2. The third-order valence-electron chi connectivity index (χ3n) is 2.89. The number of rotatable bonds is 3. The van der Waals surface area contributed by atoms with Gasteiger partial charge in [-0.05, 0) is 36.4 Å². The van der Waals surface area contributed by atoms with Gasteiger partial charge in [0.05, 0.1) is 0 Å². The standard InChI is InChI=1S/C15H14N2S/c1-11-5-4-6-12(9-11)10-18-15-16-13-7-2-3-8-14(13)17-15/h2-9H,10H2,1H3,(H,16,17)/p+1. The highest BCUT2D eigenvalue weighted by molar-refractivity contribution is 7.98. The summed E-state index contributed by atoms with van der Waals surface area (Å²) in [7, 11) is 0. The van der Waals surface area contributed by atoms with E-state index in [9.17, 15) is 0 Å². The van der Waals surface area contributed by atoms with Gasteiger partial charge in [0.25, 0.3) is 0 Å². The molecule has 90 valence electrons. The minimum atomic E-state index is 0.977. The summed E-state index contributed by atoms with van der Waals surface area (Å²) in [5, 5.41) is 1.11. The summed E-state index contributed by atoms with van der Waals surface area (Å²) in [6.07, 6.45) is 0. The maximum Gasteiger partial charge on any atom is 0.314 e. The minimum Gasteiger partial charge on any atom is -0.231 e. The zero-order valence-corrected chi connectivity index (χ0v) is 11.1. The number of imidazole rings is 1. The molecule has 0 spiro atoms. The first-order valence-electron chi connectivity index (χ1n) is 6.00. The van der Waals surface area contributed by atoms with E-state index in [-0.39, 0.29) is 0 Å². The summed E-state index contributed by atoms with van der Waals surface area (Å²) in [5.41, 5.74) is 4.98. The highest BCUT2D eigenvalue weighted by atomic mass is 32.2. The second kappa shape index (κ2) is 4.86. The van der Waals surface area contributed by atoms with Crippen LogP contribution in [0, 0.1) is 6.92 Å². The summed E-state index contributed by atoms with van der Waals surface area (Å²) in [5.74, 6) is 0.977. The fourth-order valence-electron chi connectivity index (χ4n) is 2.01. The van der Waals surface area contributed by atoms with E-state index in [0.29, 0.717) is 0 Å². The SMILES string of the molecule is Cc1cccc(CSc2[nH]c3ccccc3[nH+]2)c1. The molecule has 0 bridgehead atoms. The number of hydrogen-bond donors (Lipinski definition) is 1. The van der Waals surface area contributed by atoms with Crippen LogP contribution in [0.2, 0.25) is 0 Å². The molecule has 1 heterocycles. The predicted molar refractivity (Wildman–Crippen MR) is 75.6 cm³/mol. The van der Waals surface area contributed by atoms with E-state index in [0.717, 1.165) is 21.9 Å². The number of benzene rings is 2. The molecule has 3 rings (SSSR count). The zero-order chi connectivity index (χ0) is 12.4. The molecule has 0 saturated carbocycles. The smallest absolute Gasteiger partial charge is 0.231 e. The fourth-order valence-corrected chi connectivity index (χ4v) is 2.86. The van der Waals surface area contributed by atoms with Crippen LogP contribution in [0.4, 0.5) is 0 Å². The Bertz CT molecular complexity index is 640. The second-order valence-electron chi connectivity index (χ2n) is 4.40. The molecule has 0 atom stereocenters. The average molecular weight is 255 g/mol. The third-order valence-corrected chi connectivity index (χ3v) is 3.86. The van der Waals surface area contributed by atoms with Gasteiger partial charge in [0.2, 0.25) is 0 Å². The molecule has 3 heteroatoms. The van der Waals surface area contributed by atoms with Gasteiger partial charge in [0, 0.05) is 5.75 Å². The van der Waals surface area contributed by atoms with Crippen LogP contribution >= 0.6 is 11.8 Å². The highest BCUT2D eigenvalue weighted by Crippen LogP contribution is 2.20. The van der Waals surface area contributed by atoms with Gasteiger partial charge in [-0.15, -0.1) is 0 Å². The number of H-pyrrole nitrogens is 2. The van der Waals surface area contributed by atoms with E-state index in [4.69, 9.17) is 0 Å². The van der Waals surface area contributed by atoms with Crippen molar-refractivity contribution >= 4 is 22.8 Å². The maximum atomic E-state index is 3.39. The number of fused-ring (bicyclic) bond motifs is 1. The van der Waals surface area contributed by atoms with Crippen LogP contribution in [0.25, 0.3) is 11.0 Å². The monoisotopic (exact) mass is 255 g/mol. The summed E-state index contributed by atoms with van der Waals surface area (Å²) in [6, 6.07) is 16.9. The number of para-hydroxylation sites is 2. The summed E-state index contributed by atoms with van der Waals surface area (Å²) < 4.78 is 0. The van der Waals surface area contributed by atoms with Gasteiger partial charge in [-0.3, -0.25) is 0 Å². The first-order valence-corrected chi connectivity index (χ1v) is 6.98. The van der Waals surface area contributed by atoms with Crippen molar-refractivity contribution in [2.75, 3.05) is 0 Å². The number of nitrogens with one attached hydrogen (secondary N) is 2. The lowest BCUT2D eigenvalue weighted by molar-refractivity contribution is -0.396. The van der Waals surface area contributed by atoms with Crippen LogP contribution in [0.15, 0.2) is 53.7 Å². The van der Waals surface area contributed by atoms with Gasteiger partial charge in [-0.25, -0.2) is 9.97 Å². The van der Waals surface area contributed by atoms with Crippen LogP contribution in [0.5, 0.6) is 0 Å². The van der Waals surface area contributed by atoms with E-state index < -0.39 is 0 Å². The quantitative estimate of drug-likeness (QED) is 0.712. The Morgan fingerprint density at radius 3 is 2.83 bits per heavy atom.